The zero-order valence-electron chi connectivity index (χ0n) is 12.7. The first-order valence-corrected chi connectivity index (χ1v) is 7.13. The number of rotatable bonds is 4. The number of benzene rings is 2. The second-order valence-corrected chi connectivity index (χ2v) is 4.96. The third-order valence-corrected chi connectivity index (χ3v) is 3.27. The molecule has 122 valence electrons. The van der Waals surface area contributed by atoms with Crippen molar-refractivity contribution < 1.29 is 13.2 Å². The second-order valence-electron chi connectivity index (χ2n) is 4.96. The molecule has 0 aliphatic carbocycles. The van der Waals surface area contributed by atoms with Crippen molar-refractivity contribution in [3.63, 3.8) is 0 Å². The number of aliphatic imine (C=N–C) groups is 1. The molecular formula is C17H18F3N3. The molecule has 0 unspecified atom stereocenters. The van der Waals surface area contributed by atoms with E-state index in [9.17, 15) is 13.2 Å². The maximum absolute atomic E-state index is 12.5. The lowest BCUT2D eigenvalue weighted by atomic mass is 10.1. The monoisotopic (exact) mass is 321 g/mol. The van der Waals surface area contributed by atoms with Crippen LogP contribution in [0.2, 0.25) is 0 Å². The molecule has 0 amide bonds. The summed E-state index contributed by atoms with van der Waals surface area (Å²) in [6, 6.07) is 14.9. The minimum atomic E-state index is -4.31. The fourth-order valence-electron chi connectivity index (χ4n) is 2.00. The molecule has 2 aromatic rings. The highest BCUT2D eigenvalue weighted by Gasteiger charge is 2.29. The van der Waals surface area contributed by atoms with Gasteiger partial charge in [-0.15, -0.1) is 0 Å². The van der Waals surface area contributed by atoms with E-state index in [0.717, 1.165) is 23.3 Å². The zero-order chi connectivity index (χ0) is 16.7. The standard InChI is InChI=1S/C17H18F3N3/c1-21-16(22-11-13-5-3-2-4-6-13)23-12-14-7-9-15(10-8-14)17(18,19)20/h2-10H,11-12H2,1H3,(H2,21,22,23). The van der Waals surface area contributed by atoms with E-state index in [4.69, 9.17) is 0 Å². The van der Waals surface area contributed by atoms with Crippen LogP contribution in [0.5, 0.6) is 0 Å². The Kier molecular flexibility index (Phi) is 5.62. The van der Waals surface area contributed by atoms with Crippen molar-refractivity contribution in [3.05, 3.63) is 71.3 Å². The number of nitrogens with one attached hydrogen (secondary N) is 2. The quantitative estimate of drug-likeness (QED) is 0.667. The average molecular weight is 321 g/mol. The smallest absolute Gasteiger partial charge is 0.352 e. The van der Waals surface area contributed by atoms with Gasteiger partial charge >= 0.3 is 6.18 Å². The van der Waals surface area contributed by atoms with Crippen LogP contribution >= 0.6 is 0 Å². The molecule has 0 saturated carbocycles. The number of guanidine groups is 1. The lowest BCUT2D eigenvalue weighted by molar-refractivity contribution is -0.137. The summed E-state index contributed by atoms with van der Waals surface area (Å²) in [6.07, 6.45) is -4.31. The van der Waals surface area contributed by atoms with Crippen LogP contribution in [0.25, 0.3) is 0 Å². The average Bonchev–Trinajstić information content (AvgIpc) is 2.55. The first-order chi connectivity index (χ1) is 11.0. The lowest BCUT2D eigenvalue weighted by Crippen LogP contribution is -2.36. The van der Waals surface area contributed by atoms with Gasteiger partial charge in [-0.3, -0.25) is 4.99 Å². The van der Waals surface area contributed by atoms with Gasteiger partial charge in [-0.05, 0) is 23.3 Å². The summed E-state index contributed by atoms with van der Waals surface area (Å²) in [4.78, 5) is 4.09. The van der Waals surface area contributed by atoms with Crippen molar-refractivity contribution in [2.24, 2.45) is 4.99 Å². The van der Waals surface area contributed by atoms with Gasteiger partial charge in [0, 0.05) is 20.1 Å². The Labute approximate surface area is 133 Å². The number of nitrogens with zero attached hydrogens (tertiary/aromatic N) is 1. The SMILES string of the molecule is CN=C(NCc1ccccc1)NCc1ccc(C(F)(F)F)cc1. The van der Waals surface area contributed by atoms with Crippen molar-refractivity contribution in [1.82, 2.24) is 10.6 Å². The van der Waals surface area contributed by atoms with Crippen molar-refractivity contribution in [3.8, 4) is 0 Å². The van der Waals surface area contributed by atoms with E-state index in [1.54, 1.807) is 7.05 Å². The van der Waals surface area contributed by atoms with Gasteiger partial charge in [0.05, 0.1) is 5.56 Å². The molecule has 0 fully saturated rings. The van der Waals surface area contributed by atoms with Gasteiger partial charge in [-0.2, -0.15) is 13.2 Å². The maximum Gasteiger partial charge on any atom is 0.416 e. The summed E-state index contributed by atoms with van der Waals surface area (Å²) in [6.45, 7) is 1.01. The lowest BCUT2D eigenvalue weighted by Gasteiger charge is -2.12. The minimum absolute atomic E-state index is 0.395. The molecule has 0 spiro atoms. The molecule has 0 saturated heterocycles. The Morgan fingerprint density at radius 3 is 1.87 bits per heavy atom. The summed E-state index contributed by atoms with van der Waals surface area (Å²) in [5.74, 6) is 0.591. The Bertz CT molecular complexity index is 634. The van der Waals surface area contributed by atoms with E-state index in [-0.39, 0.29) is 0 Å². The maximum atomic E-state index is 12.5. The molecule has 2 N–H and O–H groups in total. The van der Waals surface area contributed by atoms with Gasteiger partial charge in [0.1, 0.15) is 0 Å². The molecule has 0 aromatic heterocycles. The summed E-state index contributed by atoms with van der Waals surface area (Å²) in [7, 11) is 1.65. The van der Waals surface area contributed by atoms with Crippen molar-refractivity contribution in [1.29, 1.82) is 0 Å². The predicted molar refractivity (Wildman–Crippen MR) is 84.9 cm³/mol. The molecule has 2 aromatic carbocycles. The van der Waals surface area contributed by atoms with Crippen LogP contribution in [0.1, 0.15) is 16.7 Å². The third kappa shape index (κ3) is 5.32. The van der Waals surface area contributed by atoms with Crippen LogP contribution < -0.4 is 10.6 Å². The van der Waals surface area contributed by atoms with Gasteiger partial charge in [0.25, 0.3) is 0 Å². The Balaban J connectivity index is 1.86. The van der Waals surface area contributed by atoms with Crippen LogP contribution in [0.3, 0.4) is 0 Å². The zero-order valence-corrected chi connectivity index (χ0v) is 12.7. The fraction of sp³-hybridized carbons (Fsp3) is 0.235. The highest BCUT2D eigenvalue weighted by atomic mass is 19.4. The van der Waals surface area contributed by atoms with Crippen LogP contribution in [0, 0.1) is 0 Å². The molecule has 0 aliphatic heterocycles. The van der Waals surface area contributed by atoms with Crippen molar-refractivity contribution >= 4 is 5.96 Å². The number of hydrogen-bond acceptors (Lipinski definition) is 1. The number of halogens is 3. The summed E-state index contributed by atoms with van der Waals surface area (Å²) < 4.78 is 37.5. The van der Waals surface area contributed by atoms with Crippen molar-refractivity contribution in [2.75, 3.05) is 7.05 Å². The van der Waals surface area contributed by atoms with Gasteiger partial charge in [-0.1, -0.05) is 42.5 Å². The third-order valence-electron chi connectivity index (χ3n) is 3.27. The Morgan fingerprint density at radius 2 is 1.39 bits per heavy atom. The first kappa shape index (κ1) is 16.9. The fourth-order valence-corrected chi connectivity index (χ4v) is 2.00. The van der Waals surface area contributed by atoms with E-state index < -0.39 is 11.7 Å². The van der Waals surface area contributed by atoms with Gasteiger partial charge in [0.15, 0.2) is 5.96 Å². The van der Waals surface area contributed by atoms with Gasteiger partial charge in [0.2, 0.25) is 0 Å². The highest BCUT2D eigenvalue weighted by molar-refractivity contribution is 5.79. The van der Waals surface area contributed by atoms with Crippen LogP contribution in [-0.4, -0.2) is 13.0 Å². The van der Waals surface area contributed by atoms with Crippen molar-refractivity contribution in [2.45, 2.75) is 19.3 Å². The number of hydrogen-bond donors (Lipinski definition) is 2. The van der Waals surface area contributed by atoms with Gasteiger partial charge in [-0.25, -0.2) is 0 Å². The molecule has 2 rings (SSSR count). The minimum Gasteiger partial charge on any atom is -0.352 e. The van der Waals surface area contributed by atoms with E-state index >= 15 is 0 Å². The topological polar surface area (TPSA) is 36.4 Å². The predicted octanol–water partition coefficient (Wildman–Crippen LogP) is 3.57. The Morgan fingerprint density at radius 1 is 0.870 bits per heavy atom. The summed E-state index contributed by atoms with van der Waals surface area (Å²) in [5, 5.41) is 6.22. The summed E-state index contributed by atoms with van der Waals surface area (Å²) >= 11 is 0. The largest absolute Gasteiger partial charge is 0.416 e. The van der Waals surface area contributed by atoms with Crippen LogP contribution in [0.15, 0.2) is 59.6 Å². The van der Waals surface area contributed by atoms with E-state index in [1.807, 2.05) is 30.3 Å². The molecule has 6 heteroatoms. The molecule has 0 heterocycles. The molecule has 0 atom stereocenters. The van der Waals surface area contributed by atoms with Crippen LogP contribution in [0.4, 0.5) is 13.2 Å². The van der Waals surface area contributed by atoms with E-state index in [2.05, 4.69) is 15.6 Å². The molecule has 23 heavy (non-hydrogen) atoms. The molecule has 3 nitrogen and oxygen atoms in total. The van der Waals surface area contributed by atoms with Crippen LogP contribution in [-0.2, 0) is 19.3 Å². The Hall–Kier alpha value is -2.50. The molecule has 0 radical (unpaired) electrons. The normalized spacial score (nSPS) is 12.1. The molecule has 0 bridgehead atoms. The number of alkyl halides is 3. The molecular weight excluding hydrogens is 303 g/mol. The van der Waals surface area contributed by atoms with E-state index in [1.165, 1.54) is 12.1 Å². The molecule has 0 aliphatic rings. The summed E-state index contributed by atoms with van der Waals surface area (Å²) in [5.41, 5.74) is 1.22. The first-order valence-electron chi connectivity index (χ1n) is 7.13. The second kappa shape index (κ2) is 7.67. The van der Waals surface area contributed by atoms with E-state index in [0.29, 0.717) is 19.0 Å². The highest BCUT2D eigenvalue weighted by Crippen LogP contribution is 2.28. The van der Waals surface area contributed by atoms with Gasteiger partial charge < -0.3 is 10.6 Å².